The van der Waals surface area contributed by atoms with Gasteiger partial charge >= 0.3 is 5.97 Å². The molecule has 1 N–H and O–H groups in total. The van der Waals surface area contributed by atoms with Crippen molar-refractivity contribution in [2.45, 2.75) is 53.0 Å². The molecule has 7 nitrogen and oxygen atoms in total. The van der Waals surface area contributed by atoms with Gasteiger partial charge in [0.05, 0.1) is 32.3 Å². The fourth-order valence-electron chi connectivity index (χ4n) is 4.03. The summed E-state index contributed by atoms with van der Waals surface area (Å²) in [6.07, 6.45) is 2.82. The fraction of sp³-hybridized carbons (Fsp3) is 0.905. The minimum Gasteiger partial charge on any atom is -0.466 e. The minimum atomic E-state index is -0.0478. The Balaban J connectivity index is 1.96. The minimum absolute atomic E-state index is 0.0288. The summed E-state index contributed by atoms with van der Waals surface area (Å²) in [7, 11) is 0. The van der Waals surface area contributed by atoms with Crippen molar-refractivity contribution in [3.8, 4) is 0 Å². The highest BCUT2D eigenvalue weighted by Gasteiger charge is 2.28. The third kappa shape index (κ3) is 7.24. The van der Waals surface area contributed by atoms with Crippen molar-refractivity contribution in [1.82, 2.24) is 15.1 Å². The van der Waals surface area contributed by atoms with Crippen LogP contribution in [0.2, 0.25) is 0 Å². The second-order valence-electron chi connectivity index (χ2n) is 8.14. The first-order valence-corrected chi connectivity index (χ1v) is 11.1. The highest BCUT2D eigenvalue weighted by Crippen LogP contribution is 2.19. The predicted molar refractivity (Wildman–Crippen MR) is 113 cm³/mol. The van der Waals surface area contributed by atoms with Crippen LogP contribution in [0.15, 0.2) is 4.99 Å². The molecule has 2 aliphatic heterocycles. The number of ether oxygens (including phenoxy) is 2. The molecule has 2 fully saturated rings. The Bertz CT molecular complexity index is 484. The first kappa shape index (κ1) is 22.9. The van der Waals surface area contributed by atoms with E-state index in [1.165, 1.54) is 0 Å². The molecule has 0 aromatic rings. The van der Waals surface area contributed by atoms with E-state index in [0.29, 0.717) is 18.6 Å². The van der Waals surface area contributed by atoms with Gasteiger partial charge in [-0.1, -0.05) is 13.8 Å². The summed E-state index contributed by atoms with van der Waals surface area (Å²) in [5.41, 5.74) is 0. The zero-order valence-corrected chi connectivity index (χ0v) is 18.3. The van der Waals surface area contributed by atoms with E-state index in [-0.39, 0.29) is 11.9 Å². The zero-order chi connectivity index (χ0) is 20.4. The Hall–Kier alpha value is -1.34. The van der Waals surface area contributed by atoms with Gasteiger partial charge in [0.1, 0.15) is 0 Å². The number of nitrogens with zero attached hydrogens (tertiary/aromatic N) is 3. The van der Waals surface area contributed by atoms with Gasteiger partial charge in [-0.05, 0) is 39.0 Å². The maximum absolute atomic E-state index is 12.0. The number of hydrogen-bond donors (Lipinski definition) is 1. The molecule has 162 valence electrons. The number of likely N-dealkylation sites (tertiary alicyclic amines) is 1. The van der Waals surface area contributed by atoms with E-state index < -0.39 is 0 Å². The van der Waals surface area contributed by atoms with Crippen molar-refractivity contribution in [3.63, 3.8) is 0 Å². The lowest BCUT2D eigenvalue weighted by atomic mass is 9.97. The van der Waals surface area contributed by atoms with Crippen molar-refractivity contribution in [2.24, 2.45) is 16.8 Å². The average Bonchev–Trinajstić information content (AvgIpc) is 2.71. The zero-order valence-electron chi connectivity index (χ0n) is 18.3. The van der Waals surface area contributed by atoms with Gasteiger partial charge in [0.2, 0.25) is 0 Å². The van der Waals surface area contributed by atoms with Gasteiger partial charge in [0.25, 0.3) is 0 Å². The molecule has 0 spiro atoms. The van der Waals surface area contributed by atoms with E-state index in [0.717, 1.165) is 77.7 Å². The predicted octanol–water partition coefficient (Wildman–Crippen LogP) is 1.97. The number of hydrogen-bond acceptors (Lipinski definition) is 5. The third-order valence-corrected chi connectivity index (χ3v) is 5.51. The molecule has 7 heteroatoms. The molecule has 1 atom stereocenters. The fourth-order valence-corrected chi connectivity index (χ4v) is 4.03. The number of nitrogens with one attached hydrogen (secondary N) is 1. The molecule has 0 saturated carbocycles. The molecule has 2 rings (SSSR count). The van der Waals surface area contributed by atoms with Gasteiger partial charge in [-0.2, -0.15) is 0 Å². The van der Waals surface area contributed by atoms with Crippen molar-refractivity contribution in [2.75, 3.05) is 59.1 Å². The van der Waals surface area contributed by atoms with Crippen LogP contribution in [0.3, 0.4) is 0 Å². The molecular formula is C21H40N4O3. The van der Waals surface area contributed by atoms with E-state index in [1.807, 2.05) is 6.92 Å². The molecule has 2 aliphatic rings. The Kier molecular flexibility index (Phi) is 10.1. The SMILES string of the molecule is CCNC(=NCC(CC(C)C)N1CCOCC1)N1CCC(C(=O)OCC)CC1. The Labute approximate surface area is 170 Å². The average molecular weight is 397 g/mol. The summed E-state index contributed by atoms with van der Waals surface area (Å²) < 4.78 is 10.7. The first-order valence-electron chi connectivity index (χ1n) is 11.1. The second kappa shape index (κ2) is 12.3. The normalized spacial score (nSPS) is 21.0. The van der Waals surface area contributed by atoms with E-state index in [9.17, 15) is 4.79 Å². The summed E-state index contributed by atoms with van der Waals surface area (Å²) in [5, 5.41) is 3.45. The number of morpholine rings is 1. The monoisotopic (exact) mass is 396 g/mol. The number of guanidine groups is 1. The molecule has 2 saturated heterocycles. The van der Waals surface area contributed by atoms with E-state index >= 15 is 0 Å². The lowest BCUT2D eigenvalue weighted by molar-refractivity contribution is -0.149. The van der Waals surface area contributed by atoms with E-state index in [1.54, 1.807) is 0 Å². The van der Waals surface area contributed by atoms with Crippen LogP contribution in [0, 0.1) is 11.8 Å². The smallest absolute Gasteiger partial charge is 0.309 e. The third-order valence-electron chi connectivity index (χ3n) is 5.51. The van der Waals surface area contributed by atoms with Crippen molar-refractivity contribution >= 4 is 11.9 Å². The van der Waals surface area contributed by atoms with Gasteiger partial charge in [0.15, 0.2) is 5.96 Å². The summed E-state index contributed by atoms with van der Waals surface area (Å²) in [5.74, 6) is 1.60. The topological polar surface area (TPSA) is 66.4 Å². The second-order valence-corrected chi connectivity index (χ2v) is 8.14. The summed E-state index contributed by atoms with van der Waals surface area (Å²) in [6, 6.07) is 0.453. The quantitative estimate of drug-likeness (QED) is 0.384. The summed E-state index contributed by atoms with van der Waals surface area (Å²) in [6.45, 7) is 16.0. The molecule has 0 aromatic heterocycles. The number of aliphatic imine (C=N–C) groups is 1. The van der Waals surface area contributed by atoms with Crippen LogP contribution < -0.4 is 5.32 Å². The molecule has 0 aromatic carbocycles. The largest absolute Gasteiger partial charge is 0.466 e. The molecule has 0 amide bonds. The van der Waals surface area contributed by atoms with Crippen molar-refractivity contribution in [3.05, 3.63) is 0 Å². The van der Waals surface area contributed by atoms with Gasteiger partial charge in [-0.15, -0.1) is 0 Å². The highest BCUT2D eigenvalue weighted by molar-refractivity contribution is 5.80. The molecule has 28 heavy (non-hydrogen) atoms. The number of piperidine rings is 1. The van der Waals surface area contributed by atoms with Gasteiger partial charge in [-0.3, -0.25) is 14.7 Å². The summed E-state index contributed by atoms with van der Waals surface area (Å²) in [4.78, 5) is 21.8. The van der Waals surface area contributed by atoms with Crippen molar-refractivity contribution in [1.29, 1.82) is 0 Å². The van der Waals surface area contributed by atoms with Crippen LogP contribution >= 0.6 is 0 Å². The molecule has 2 heterocycles. The van der Waals surface area contributed by atoms with Crippen LogP contribution in [-0.4, -0.2) is 86.9 Å². The van der Waals surface area contributed by atoms with Crippen molar-refractivity contribution < 1.29 is 14.3 Å². The van der Waals surface area contributed by atoms with Gasteiger partial charge in [-0.25, -0.2) is 0 Å². The Morgan fingerprint density at radius 3 is 2.43 bits per heavy atom. The van der Waals surface area contributed by atoms with E-state index in [2.05, 4.69) is 35.9 Å². The maximum Gasteiger partial charge on any atom is 0.309 e. The van der Waals surface area contributed by atoms with Gasteiger partial charge in [0, 0.05) is 38.8 Å². The Morgan fingerprint density at radius 1 is 1.18 bits per heavy atom. The van der Waals surface area contributed by atoms with Crippen LogP contribution in [0.5, 0.6) is 0 Å². The van der Waals surface area contributed by atoms with Crippen LogP contribution in [0.4, 0.5) is 0 Å². The van der Waals surface area contributed by atoms with Crippen LogP contribution in [-0.2, 0) is 14.3 Å². The molecular weight excluding hydrogens is 356 g/mol. The molecule has 0 bridgehead atoms. The van der Waals surface area contributed by atoms with Gasteiger partial charge < -0.3 is 19.7 Å². The maximum atomic E-state index is 12.0. The molecule has 0 radical (unpaired) electrons. The number of esters is 1. The molecule has 1 unspecified atom stereocenters. The van der Waals surface area contributed by atoms with Crippen LogP contribution in [0.1, 0.15) is 47.0 Å². The summed E-state index contributed by atoms with van der Waals surface area (Å²) >= 11 is 0. The standard InChI is InChI=1S/C21H40N4O3/c1-5-22-21(25-9-7-18(8-10-25)20(26)28-6-2)23-16-19(15-17(3)4)24-11-13-27-14-12-24/h17-19H,5-16H2,1-4H3,(H,22,23). The Morgan fingerprint density at radius 2 is 1.86 bits per heavy atom. The molecule has 0 aliphatic carbocycles. The number of carbonyl (C=O) groups is 1. The first-order chi connectivity index (χ1) is 13.5. The van der Waals surface area contributed by atoms with E-state index in [4.69, 9.17) is 14.5 Å². The highest BCUT2D eigenvalue weighted by atomic mass is 16.5. The lowest BCUT2D eigenvalue weighted by Crippen LogP contribution is -2.48. The number of carbonyl (C=O) groups excluding carboxylic acids is 1. The number of rotatable bonds is 8. The lowest BCUT2D eigenvalue weighted by Gasteiger charge is -2.36. The van der Waals surface area contributed by atoms with Crippen LogP contribution in [0.25, 0.3) is 0 Å².